The maximum atomic E-state index is 12.6. The summed E-state index contributed by atoms with van der Waals surface area (Å²) in [5.74, 6) is -0.0664. The summed E-state index contributed by atoms with van der Waals surface area (Å²) in [6.07, 6.45) is 0. The minimum absolute atomic E-state index is 0.0664. The van der Waals surface area contributed by atoms with Crippen molar-refractivity contribution in [3.63, 3.8) is 0 Å². The van der Waals surface area contributed by atoms with Crippen molar-refractivity contribution in [1.29, 1.82) is 0 Å². The van der Waals surface area contributed by atoms with Crippen molar-refractivity contribution in [2.75, 3.05) is 57.3 Å². The molecule has 0 saturated carbocycles. The van der Waals surface area contributed by atoms with Crippen LogP contribution in [0.25, 0.3) is 0 Å². The Bertz CT molecular complexity index is 909. The Hall–Kier alpha value is -2.90. The van der Waals surface area contributed by atoms with E-state index >= 15 is 0 Å². The molecule has 2 aromatic carbocycles. The number of rotatable bonds is 7. The molecular formula is C24H31N5O2. The van der Waals surface area contributed by atoms with Gasteiger partial charge >= 0.3 is 6.03 Å². The molecule has 2 aromatic rings. The molecule has 164 valence electrons. The molecule has 0 aromatic heterocycles. The first kappa shape index (κ1) is 21.3. The third-order valence-electron chi connectivity index (χ3n) is 6.03. The van der Waals surface area contributed by atoms with Crippen LogP contribution < -0.4 is 15.5 Å². The molecule has 2 N–H and O–H groups in total. The van der Waals surface area contributed by atoms with E-state index in [4.69, 9.17) is 0 Å². The van der Waals surface area contributed by atoms with Crippen LogP contribution in [0.3, 0.4) is 0 Å². The molecule has 3 amide bonds. The maximum absolute atomic E-state index is 12.6. The van der Waals surface area contributed by atoms with Crippen LogP contribution in [0.15, 0.2) is 48.5 Å². The van der Waals surface area contributed by atoms with Gasteiger partial charge in [-0.3, -0.25) is 19.5 Å². The van der Waals surface area contributed by atoms with E-state index in [2.05, 4.69) is 50.8 Å². The van der Waals surface area contributed by atoms with Crippen LogP contribution in [-0.4, -0.2) is 74.1 Å². The topological polar surface area (TPSA) is 67.9 Å². The Labute approximate surface area is 184 Å². The van der Waals surface area contributed by atoms with Crippen molar-refractivity contribution in [2.45, 2.75) is 13.5 Å². The number of nitrogens with zero attached hydrogens (tertiary/aromatic N) is 3. The van der Waals surface area contributed by atoms with Crippen molar-refractivity contribution >= 4 is 17.6 Å². The number of aryl methyl sites for hydroxylation is 1. The monoisotopic (exact) mass is 421 g/mol. The van der Waals surface area contributed by atoms with Crippen LogP contribution in [0.4, 0.5) is 10.5 Å². The van der Waals surface area contributed by atoms with Gasteiger partial charge in [-0.2, -0.15) is 0 Å². The van der Waals surface area contributed by atoms with Gasteiger partial charge in [-0.15, -0.1) is 0 Å². The van der Waals surface area contributed by atoms with Crippen molar-refractivity contribution < 1.29 is 9.59 Å². The number of amides is 3. The number of piperazine rings is 1. The molecule has 0 aliphatic carbocycles. The summed E-state index contributed by atoms with van der Waals surface area (Å²) in [5, 5.41) is 5.84. The lowest BCUT2D eigenvalue weighted by Gasteiger charge is -2.34. The third kappa shape index (κ3) is 5.42. The van der Waals surface area contributed by atoms with Gasteiger partial charge in [0.25, 0.3) is 5.91 Å². The van der Waals surface area contributed by atoms with Gasteiger partial charge < -0.3 is 10.6 Å². The smallest absolute Gasteiger partial charge is 0.322 e. The average molecular weight is 422 g/mol. The zero-order chi connectivity index (χ0) is 21.6. The Balaban J connectivity index is 1.20. The van der Waals surface area contributed by atoms with E-state index in [0.29, 0.717) is 25.2 Å². The van der Waals surface area contributed by atoms with Crippen LogP contribution in [0, 0.1) is 6.92 Å². The fourth-order valence-electron chi connectivity index (χ4n) is 4.24. The summed E-state index contributed by atoms with van der Waals surface area (Å²) in [4.78, 5) is 31.0. The Morgan fingerprint density at radius 2 is 1.74 bits per heavy atom. The summed E-state index contributed by atoms with van der Waals surface area (Å²) in [7, 11) is 0. The number of hydrogen-bond acceptors (Lipinski definition) is 4. The Morgan fingerprint density at radius 1 is 1.00 bits per heavy atom. The fourth-order valence-corrected chi connectivity index (χ4v) is 4.24. The highest BCUT2D eigenvalue weighted by atomic mass is 16.2. The minimum Gasteiger partial charge on any atom is -0.351 e. The van der Waals surface area contributed by atoms with E-state index in [1.165, 1.54) is 5.56 Å². The molecule has 7 nitrogen and oxygen atoms in total. The van der Waals surface area contributed by atoms with Crippen LogP contribution in [0.2, 0.25) is 0 Å². The normalized spacial score (nSPS) is 17.6. The molecule has 31 heavy (non-hydrogen) atoms. The molecule has 0 bridgehead atoms. The van der Waals surface area contributed by atoms with E-state index < -0.39 is 0 Å². The quantitative estimate of drug-likeness (QED) is 0.718. The molecule has 7 heteroatoms. The van der Waals surface area contributed by atoms with Gasteiger partial charge in [0.2, 0.25) is 0 Å². The third-order valence-corrected chi connectivity index (χ3v) is 6.03. The summed E-state index contributed by atoms with van der Waals surface area (Å²) < 4.78 is 0. The summed E-state index contributed by atoms with van der Waals surface area (Å²) in [6, 6.07) is 16.0. The summed E-state index contributed by atoms with van der Waals surface area (Å²) in [5.41, 5.74) is 3.78. The van der Waals surface area contributed by atoms with Gasteiger partial charge in [0.05, 0.1) is 0 Å². The first-order valence-electron chi connectivity index (χ1n) is 11.0. The highest BCUT2D eigenvalue weighted by molar-refractivity contribution is 5.97. The molecule has 4 rings (SSSR count). The lowest BCUT2D eigenvalue weighted by atomic mass is 10.1. The number of anilines is 1. The van der Waals surface area contributed by atoms with Gasteiger partial charge in [-0.25, -0.2) is 4.79 Å². The van der Waals surface area contributed by atoms with E-state index in [1.54, 1.807) is 11.0 Å². The number of carbonyl (C=O) groups excluding carboxylic acids is 2. The van der Waals surface area contributed by atoms with Gasteiger partial charge in [0.15, 0.2) is 0 Å². The lowest BCUT2D eigenvalue weighted by molar-refractivity contribution is 0.0934. The predicted octanol–water partition coefficient (Wildman–Crippen LogP) is 2.07. The summed E-state index contributed by atoms with van der Waals surface area (Å²) in [6.45, 7) is 9.88. The van der Waals surface area contributed by atoms with E-state index in [9.17, 15) is 9.59 Å². The maximum Gasteiger partial charge on any atom is 0.322 e. The molecule has 2 heterocycles. The largest absolute Gasteiger partial charge is 0.351 e. The summed E-state index contributed by atoms with van der Waals surface area (Å²) >= 11 is 0. The first-order valence-corrected chi connectivity index (χ1v) is 11.0. The second-order valence-electron chi connectivity index (χ2n) is 8.24. The van der Waals surface area contributed by atoms with Crippen molar-refractivity contribution in [3.8, 4) is 0 Å². The molecular weight excluding hydrogens is 390 g/mol. The first-order chi connectivity index (χ1) is 15.1. The highest BCUT2D eigenvalue weighted by Crippen LogP contribution is 2.22. The number of benzene rings is 2. The molecule has 2 fully saturated rings. The van der Waals surface area contributed by atoms with Crippen LogP contribution in [0.5, 0.6) is 0 Å². The number of urea groups is 1. The van der Waals surface area contributed by atoms with E-state index in [1.807, 2.05) is 19.1 Å². The van der Waals surface area contributed by atoms with E-state index in [0.717, 1.165) is 50.5 Å². The standard InChI is InChI=1S/C24H31N5O2/c1-19-17-21(7-8-22(19)29-12-10-26-24(29)31)23(30)25-9-11-27-13-15-28(16-14-27)18-20-5-3-2-4-6-20/h2-8,17H,9-16,18H2,1H3,(H,25,30)(H,26,31). The number of carbonyl (C=O) groups is 2. The molecule has 2 aliphatic heterocycles. The van der Waals surface area contributed by atoms with Gasteiger partial charge in [0.1, 0.15) is 0 Å². The zero-order valence-electron chi connectivity index (χ0n) is 18.1. The van der Waals surface area contributed by atoms with Crippen molar-refractivity contribution in [1.82, 2.24) is 20.4 Å². The molecule has 0 spiro atoms. The lowest BCUT2D eigenvalue weighted by Crippen LogP contribution is -2.48. The van der Waals surface area contributed by atoms with Crippen LogP contribution in [-0.2, 0) is 6.54 Å². The highest BCUT2D eigenvalue weighted by Gasteiger charge is 2.23. The van der Waals surface area contributed by atoms with Crippen molar-refractivity contribution in [2.24, 2.45) is 0 Å². The van der Waals surface area contributed by atoms with Crippen molar-refractivity contribution in [3.05, 3.63) is 65.2 Å². The number of hydrogen-bond donors (Lipinski definition) is 2. The predicted molar refractivity (Wildman–Crippen MR) is 122 cm³/mol. The van der Waals surface area contributed by atoms with Crippen LogP contribution >= 0.6 is 0 Å². The van der Waals surface area contributed by atoms with Gasteiger partial charge in [-0.05, 0) is 36.2 Å². The molecule has 0 radical (unpaired) electrons. The van der Waals surface area contributed by atoms with Crippen LogP contribution in [0.1, 0.15) is 21.5 Å². The SMILES string of the molecule is Cc1cc(C(=O)NCCN2CCN(Cc3ccccc3)CC2)ccc1N1CCNC1=O. The van der Waals surface area contributed by atoms with Gasteiger partial charge in [-0.1, -0.05) is 30.3 Å². The zero-order valence-corrected chi connectivity index (χ0v) is 18.1. The number of nitrogens with one attached hydrogen (secondary N) is 2. The fraction of sp³-hybridized carbons (Fsp3) is 0.417. The molecule has 2 saturated heterocycles. The Kier molecular flexibility index (Phi) is 6.84. The van der Waals surface area contributed by atoms with E-state index in [-0.39, 0.29) is 11.9 Å². The Morgan fingerprint density at radius 3 is 2.42 bits per heavy atom. The van der Waals surface area contributed by atoms with Gasteiger partial charge in [0, 0.05) is 70.2 Å². The second-order valence-corrected chi connectivity index (χ2v) is 8.24. The molecule has 0 unspecified atom stereocenters. The average Bonchev–Trinajstić information content (AvgIpc) is 3.21. The second kappa shape index (κ2) is 9.94. The molecule has 2 aliphatic rings. The molecule has 0 atom stereocenters. The minimum atomic E-state index is -0.0795.